The smallest absolute Gasteiger partial charge is 0.135 e. The molecule has 0 saturated heterocycles. The van der Waals surface area contributed by atoms with Crippen molar-refractivity contribution in [3.05, 3.63) is 157 Å². The zero-order valence-corrected chi connectivity index (χ0v) is 25.8. The van der Waals surface area contributed by atoms with Crippen LogP contribution in [-0.4, -0.2) is 0 Å². The Hall–Kier alpha value is -5.66. The van der Waals surface area contributed by atoms with E-state index >= 15 is 0 Å². The Morgan fingerprint density at radius 3 is 1.74 bits per heavy atom. The molecular formula is C45H30O. The lowest BCUT2D eigenvalue weighted by Crippen LogP contribution is -2.23. The molecule has 10 rings (SSSR count). The van der Waals surface area contributed by atoms with Crippen molar-refractivity contribution >= 4 is 54.3 Å². The van der Waals surface area contributed by atoms with Crippen LogP contribution >= 0.6 is 0 Å². The third kappa shape index (κ3) is 3.35. The average Bonchev–Trinajstić information content (AvgIpc) is 3.47. The molecule has 8 aromatic carbocycles. The first-order valence-corrected chi connectivity index (χ1v) is 16.1. The van der Waals surface area contributed by atoms with Crippen LogP contribution in [-0.2, 0) is 5.41 Å². The minimum absolute atomic E-state index is 0.0916. The quantitative estimate of drug-likeness (QED) is 0.184. The lowest BCUT2D eigenvalue weighted by molar-refractivity contribution is 0.645. The van der Waals surface area contributed by atoms with Gasteiger partial charge >= 0.3 is 0 Å². The number of para-hydroxylation sites is 1. The predicted molar refractivity (Wildman–Crippen MR) is 195 cm³/mol. The van der Waals surface area contributed by atoms with Crippen molar-refractivity contribution in [1.82, 2.24) is 0 Å². The largest absolute Gasteiger partial charge is 0.456 e. The van der Waals surface area contributed by atoms with Gasteiger partial charge in [-0.2, -0.15) is 0 Å². The molecule has 1 aliphatic rings. The second-order valence-electron chi connectivity index (χ2n) is 13.2. The zero-order chi connectivity index (χ0) is 30.6. The fourth-order valence-corrected chi connectivity index (χ4v) is 8.39. The summed E-state index contributed by atoms with van der Waals surface area (Å²) in [5.41, 5.74) is 12.3. The third-order valence-electron chi connectivity index (χ3n) is 10.5. The van der Waals surface area contributed by atoms with E-state index in [1.807, 2.05) is 12.1 Å². The predicted octanol–water partition coefficient (Wildman–Crippen LogP) is 12.7. The van der Waals surface area contributed by atoms with Gasteiger partial charge in [-0.15, -0.1) is 0 Å². The summed E-state index contributed by atoms with van der Waals surface area (Å²) >= 11 is 0. The Balaban J connectivity index is 1.31. The first-order valence-electron chi connectivity index (χ1n) is 16.1. The molecule has 0 unspecified atom stereocenters. The molecule has 1 aromatic heterocycles. The van der Waals surface area contributed by atoms with Gasteiger partial charge in [0.25, 0.3) is 0 Å². The van der Waals surface area contributed by atoms with Crippen LogP contribution < -0.4 is 0 Å². The molecule has 1 nitrogen and oxygen atoms in total. The molecule has 9 aromatic rings. The van der Waals surface area contributed by atoms with Crippen molar-refractivity contribution in [3.8, 4) is 33.4 Å². The van der Waals surface area contributed by atoms with Crippen molar-refractivity contribution in [2.24, 2.45) is 0 Å². The van der Waals surface area contributed by atoms with E-state index in [1.165, 1.54) is 76.8 Å². The van der Waals surface area contributed by atoms with Gasteiger partial charge in [-0.1, -0.05) is 141 Å². The Morgan fingerprint density at radius 1 is 0.391 bits per heavy atom. The van der Waals surface area contributed by atoms with E-state index in [4.69, 9.17) is 4.42 Å². The SMILES string of the molecule is CC1(C)c2ccccc2-c2cccc3c(-c4c5ccccc5c(-c5ccc6oc7ccccc7c6c5)c5ccccc45)ccc1c23. The van der Waals surface area contributed by atoms with Gasteiger partial charge in [-0.05, 0) is 95.0 Å². The number of benzene rings is 8. The Labute approximate surface area is 267 Å². The van der Waals surface area contributed by atoms with Crippen LogP contribution in [0.2, 0.25) is 0 Å². The highest BCUT2D eigenvalue weighted by Crippen LogP contribution is 2.52. The fourth-order valence-electron chi connectivity index (χ4n) is 8.39. The van der Waals surface area contributed by atoms with E-state index in [0.717, 1.165) is 21.9 Å². The maximum atomic E-state index is 6.21. The number of hydrogen-bond donors (Lipinski definition) is 0. The van der Waals surface area contributed by atoms with Crippen molar-refractivity contribution in [3.63, 3.8) is 0 Å². The summed E-state index contributed by atoms with van der Waals surface area (Å²) in [5.74, 6) is 0. The highest BCUT2D eigenvalue weighted by atomic mass is 16.3. The monoisotopic (exact) mass is 586 g/mol. The Morgan fingerprint density at radius 2 is 0.978 bits per heavy atom. The molecule has 0 aliphatic heterocycles. The second kappa shape index (κ2) is 9.19. The number of rotatable bonds is 2. The Bertz CT molecular complexity index is 2660. The molecule has 1 heteroatoms. The molecule has 0 N–H and O–H groups in total. The maximum absolute atomic E-state index is 6.21. The van der Waals surface area contributed by atoms with Crippen molar-refractivity contribution < 1.29 is 4.42 Å². The summed E-state index contributed by atoms with van der Waals surface area (Å²) in [6.07, 6.45) is 0. The van der Waals surface area contributed by atoms with Crippen LogP contribution in [0, 0.1) is 0 Å². The Kier molecular flexibility index (Phi) is 5.12. The van der Waals surface area contributed by atoms with Crippen LogP contribution in [0.3, 0.4) is 0 Å². The lowest BCUT2D eigenvalue weighted by atomic mass is 9.68. The molecule has 0 spiro atoms. The van der Waals surface area contributed by atoms with Crippen molar-refractivity contribution in [2.45, 2.75) is 19.3 Å². The van der Waals surface area contributed by atoms with Crippen LogP contribution in [0.15, 0.2) is 150 Å². The van der Waals surface area contributed by atoms with Gasteiger partial charge in [-0.3, -0.25) is 0 Å². The van der Waals surface area contributed by atoms with Crippen LogP contribution in [0.25, 0.3) is 87.6 Å². The summed E-state index contributed by atoms with van der Waals surface area (Å²) in [5, 5.41) is 10.0. The normalized spacial score (nSPS) is 13.6. The van der Waals surface area contributed by atoms with Gasteiger partial charge in [-0.25, -0.2) is 0 Å². The van der Waals surface area contributed by atoms with Gasteiger partial charge in [0.1, 0.15) is 11.2 Å². The van der Waals surface area contributed by atoms with E-state index in [9.17, 15) is 0 Å². The highest BCUT2D eigenvalue weighted by Gasteiger charge is 2.34. The van der Waals surface area contributed by atoms with Gasteiger partial charge in [0, 0.05) is 16.2 Å². The first kappa shape index (κ1) is 25.6. The van der Waals surface area contributed by atoms with Crippen LogP contribution in [0.4, 0.5) is 0 Å². The molecule has 0 fully saturated rings. The molecule has 1 aliphatic carbocycles. The standard InChI is InChI=1S/C45H30O/c1-45(2)38-20-9-7-12-28(38)30-18-11-19-35-36(23-24-39(45)44(30)35)43-33-16-5-3-14-31(33)42(32-15-4-6-17-34(32)43)27-22-25-41-37(26-27)29-13-8-10-21-40(29)46-41/h3-26H,1-2H3. The zero-order valence-electron chi connectivity index (χ0n) is 25.8. The first-order chi connectivity index (χ1) is 22.6. The molecular weight excluding hydrogens is 556 g/mol. The second-order valence-corrected chi connectivity index (χ2v) is 13.2. The topological polar surface area (TPSA) is 13.1 Å². The minimum atomic E-state index is -0.0916. The summed E-state index contributed by atoms with van der Waals surface area (Å²) in [7, 11) is 0. The summed E-state index contributed by atoms with van der Waals surface area (Å²) in [6.45, 7) is 4.74. The number of furan rings is 1. The van der Waals surface area contributed by atoms with Gasteiger partial charge in [0.2, 0.25) is 0 Å². The summed E-state index contributed by atoms with van der Waals surface area (Å²) in [6, 6.07) is 53.5. The van der Waals surface area contributed by atoms with Crippen molar-refractivity contribution in [2.75, 3.05) is 0 Å². The fraction of sp³-hybridized carbons (Fsp3) is 0.0667. The molecule has 0 saturated carbocycles. The van der Waals surface area contributed by atoms with E-state index in [2.05, 4.69) is 147 Å². The summed E-state index contributed by atoms with van der Waals surface area (Å²) < 4.78 is 6.21. The van der Waals surface area contributed by atoms with Gasteiger partial charge in [0.15, 0.2) is 0 Å². The van der Waals surface area contributed by atoms with Gasteiger partial charge in [0.05, 0.1) is 0 Å². The highest BCUT2D eigenvalue weighted by molar-refractivity contribution is 6.25. The molecule has 0 amide bonds. The molecule has 0 radical (unpaired) electrons. The van der Waals surface area contributed by atoms with Crippen LogP contribution in [0.1, 0.15) is 25.0 Å². The van der Waals surface area contributed by atoms with Gasteiger partial charge < -0.3 is 4.42 Å². The average molecular weight is 587 g/mol. The maximum Gasteiger partial charge on any atom is 0.135 e. The van der Waals surface area contributed by atoms with E-state index in [0.29, 0.717) is 0 Å². The van der Waals surface area contributed by atoms with Crippen LogP contribution in [0.5, 0.6) is 0 Å². The van der Waals surface area contributed by atoms with E-state index in [-0.39, 0.29) is 5.41 Å². The van der Waals surface area contributed by atoms with E-state index in [1.54, 1.807) is 0 Å². The molecule has 216 valence electrons. The van der Waals surface area contributed by atoms with E-state index < -0.39 is 0 Å². The number of fused-ring (bicyclic) bond motifs is 7. The third-order valence-corrected chi connectivity index (χ3v) is 10.5. The van der Waals surface area contributed by atoms with Crippen molar-refractivity contribution in [1.29, 1.82) is 0 Å². The molecule has 0 bridgehead atoms. The minimum Gasteiger partial charge on any atom is -0.456 e. The molecule has 0 atom stereocenters. The lowest BCUT2D eigenvalue weighted by Gasteiger charge is -2.35. The molecule has 46 heavy (non-hydrogen) atoms. The number of hydrogen-bond acceptors (Lipinski definition) is 1. The molecule has 1 heterocycles. The summed E-state index contributed by atoms with van der Waals surface area (Å²) in [4.78, 5) is 0.